The van der Waals surface area contributed by atoms with Crippen LogP contribution >= 0.6 is 0 Å². The Bertz CT molecular complexity index is 325. The monoisotopic (exact) mass is 242 g/mol. The standard InChI is InChI=1S/C11H18N2O4/c1-7(8-3-4-8)13(2)11(17)12-9(14)5-6-10(15)16/h7-8H,3-6H2,1-2H3,(H,15,16)(H,12,14,17). The van der Waals surface area contributed by atoms with Crippen LogP contribution in [0, 0.1) is 5.92 Å². The van der Waals surface area contributed by atoms with Crippen molar-refractivity contribution in [3.63, 3.8) is 0 Å². The average Bonchev–Trinajstić information content (AvgIpc) is 3.07. The van der Waals surface area contributed by atoms with Gasteiger partial charge in [0, 0.05) is 19.5 Å². The molecule has 1 saturated carbocycles. The maximum absolute atomic E-state index is 11.6. The molecule has 1 aliphatic rings. The zero-order valence-corrected chi connectivity index (χ0v) is 10.1. The van der Waals surface area contributed by atoms with Crippen LogP contribution in [-0.2, 0) is 9.59 Å². The molecule has 6 nitrogen and oxygen atoms in total. The molecule has 0 heterocycles. The Balaban J connectivity index is 2.31. The summed E-state index contributed by atoms with van der Waals surface area (Å²) < 4.78 is 0. The third-order valence-corrected chi connectivity index (χ3v) is 3.05. The van der Waals surface area contributed by atoms with Gasteiger partial charge in [-0.3, -0.25) is 14.9 Å². The van der Waals surface area contributed by atoms with E-state index in [1.807, 2.05) is 6.92 Å². The number of carbonyl (C=O) groups excluding carboxylic acids is 2. The SMILES string of the molecule is CC(C1CC1)N(C)C(=O)NC(=O)CCC(=O)O. The number of imide groups is 1. The molecule has 17 heavy (non-hydrogen) atoms. The molecule has 0 saturated heterocycles. The Morgan fingerprint density at radius 3 is 2.41 bits per heavy atom. The summed E-state index contributed by atoms with van der Waals surface area (Å²) in [5.41, 5.74) is 0. The van der Waals surface area contributed by atoms with E-state index >= 15 is 0 Å². The number of aliphatic carboxylic acids is 1. The van der Waals surface area contributed by atoms with Gasteiger partial charge in [-0.05, 0) is 25.7 Å². The van der Waals surface area contributed by atoms with Crippen LogP contribution in [0.4, 0.5) is 4.79 Å². The van der Waals surface area contributed by atoms with Crippen molar-refractivity contribution in [1.29, 1.82) is 0 Å². The van der Waals surface area contributed by atoms with E-state index in [1.54, 1.807) is 7.05 Å². The first-order valence-electron chi connectivity index (χ1n) is 5.70. The maximum Gasteiger partial charge on any atom is 0.324 e. The lowest BCUT2D eigenvalue weighted by Crippen LogP contribution is -2.45. The molecular formula is C11H18N2O4. The molecule has 1 fully saturated rings. The molecular weight excluding hydrogens is 224 g/mol. The molecule has 0 spiro atoms. The van der Waals surface area contributed by atoms with E-state index in [2.05, 4.69) is 5.32 Å². The molecule has 0 aliphatic heterocycles. The molecule has 2 N–H and O–H groups in total. The second-order valence-corrected chi connectivity index (χ2v) is 4.44. The summed E-state index contributed by atoms with van der Waals surface area (Å²) in [4.78, 5) is 34.6. The number of urea groups is 1. The van der Waals surface area contributed by atoms with Gasteiger partial charge in [0.1, 0.15) is 0 Å². The summed E-state index contributed by atoms with van der Waals surface area (Å²) in [6, 6.07) is -0.345. The van der Waals surface area contributed by atoms with Crippen LogP contribution in [0.5, 0.6) is 0 Å². The Labute approximate surface area is 100.0 Å². The minimum Gasteiger partial charge on any atom is -0.481 e. The number of nitrogens with zero attached hydrogens (tertiary/aromatic N) is 1. The van der Waals surface area contributed by atoms with E-state index < -0.39 is 17.9 Å². The third kappa shape index (κ3) is 4.42. The molecule has 0 aromatic rings. The highest BCUT2D eigenvalue weighted by Gasteiger charge is 2.32. The molecule has 1 aliphatic carbocycles. The Morgan fingerprint density at radius 1 is 1.35 bits per heavy atom. The Kier molecular flexibility index (Phi) is 4.48. The number of carbonyl (C=O) groups is 3. The average molecular weight is 242 g/mol. The highest BCUT2D eigenvalue weighted by atomic mass is 16.4. The molecule has 0 aromatic heterocycles. The lowest BCUT2D eigenvalue weighted by atomic mass is 10.2. The van der Waals surface area contributed by atoms with Crippen LogP contribution in [0.2, 0.25) is 0 Å². The van der Waals surface area contributed by atoms with Gasteiger partial charge < -0.3 is 10.0 Å². The normalized spacial score (nSPS) is 16.1. The topological polar surface area (TPSA) is 86.7 Å². The fraction of sp³-hybridized carbons (Fsp3) is 0.727. The van der Waals surface area contributed by atoms with Crippen molar-refractivity contribution in [1.82, 2.24) is 10.2 Å². The van der Waals surface area contributed by atoms with Gasteiger partial charge in [-0.1, -0.05) is 0 Å². The number of amides is 3. The predicted molar refractivity (Wildman–Crippen MR) is 60.4 cm³/mol. The molecule has 6 heteroatoms. The smallest absolute Gasteiger partial charge is 0.324 e. The highest BCUT2D eigenvalue weighted by molar-refractivity contribution is 5.95. The van der Waals surface area contributed by atoms with Crippen molar-refractivity contribution in [3.05, 3.63) is 0 Å². The molecule has 1 atom stereocenters. The van der Waals surface area contributed by atoms with Crippen molar-refractivity contribution < 1.29 is 19.5 Å². The highest BCUT2D eigenvalue weighted by Crippen LogP contribution is 2.34. The summed E-state index contributed by atoms with van der Waals surface area (Å²) in [5.74, 6) is -1.07. The van der Waals surface area contributed by atoms with Crippen molar-refractivity contribution >= 4 is 17.9 Å². The first kappa shape index (κ1) is 13.5. The lowest BCUT2D eigenvalue weighted by Gasteiger charge is -2.24. The Hall–Kier alpha value is -1.59. The summed E-state index contributed by atoms with van der Waals surface area (Å²) in [5, 5.41) is 10.6. The summed E-state index contributed by atoms with van der Waals surface area (Å²) in [6.45, 7) is 1.94. The minimum atomic E-state index is -1.05. The number of carboxylic acids is 1. The third-order valence-electron chi connectivity index (χ3n) is 3.05. The second-order valence-electron chi connectivity index (χ2n) is 4.44. The van der Waals surface area contributed by atoms with E-state index in [9.17, 15) is 14.4 Å². The predicted octanol–water partition coefficient (Wildman–Crippen LogP) is 0.818. The van der Waals surface area contributed by atoms with E-state index in [1.165, 1.54) is 4.90 Å². The summed E-state index contributed by atoms with van der Waals surface area (Å²) >= 11 is 0. The Morgan fingerprint density at radius 2 is 1.94 bits per heavy atom. The van der Waals surface area contributed by atoms with Crippen molar-refractivity contribution in [3.8, 4) is 0 Å². The number of hydrogen-bond donors (Lipinski definition) is 2. The molecule has 3 amide bonds. The minimum absolute atomic E-state index is 0.113. The van der Waals surface area contributed by atoms with Crippen molar-refractivity contribution in [2.24, 2.45) is 5.92 Å². The fourth-order valence-electron chi connectivity index (χ4n) is 1.57. The molecule has 96 valence electrons. The van der Waals surface area contributed by atoms with Crippen LogP contribution in [-0.4, -0.2) is 41.0 Å². The van der Waals surface area contributed by atoms with E-state index in [0.29, 0.717) is 5.92 Å². The van der Waals surface area contributed by atoms with Gasteiger partial charge in [0.25, 0.3) is 0 Å². The zero-order chi connectivity index (χ0) is 13.0. The van der Waals surface area contributed by atoms with E-state index in [0.717, 1.165) is 12.8 Å². The van der Waals surface area contributed by atoms with Gasteiger partial charge >= 0.3 is 12.0 Å². The van der Waals surface area contributed by atoms with Crippen LogP contribution in [0.25, 0.3) is 0 Å². The molecule has 0 aromatic carbocycles. The fourth-order valence-corrected chi connectivity index (χ4v) is 1.57. The zero-order valence-electron chi connectivity index (χ0n) is 10.1. The van der Waals surface area contributed by atoms with Crippen molar-refractivity contribution in [2.45, 2.75) is 38.6 Å². The lowest BCUT2D eigenvalue weighted by molar-refractivity contribution is -0.138. The van der Waals surface area contributed by atoms with E-state index in [4.69, 9.17) is 5.11 Å². The van der Waals surface area contributed by atoms with Crippen LogP contribution in [0.15, 0.2) is 0 Å². The van der Waals surface area contributed by atoms with Gasteiger partial charge in [-0.25, -0.2) is 4.79 Å². The van der Waals surface area contributed by atoms with E-state index in [-0.39, 0.29) is 18.9 Å². The molecule has 1 rings (SSSR count). The number of carboxylic acid groups (broad SMARTS) is 1. The maximum atomic E-state index is 11.6. The van der Waals surface area contributed by atoms with Crippen LogP contribution in [0.1, 0.15) is 32.6 Å². The molecule has 1 unspecified atom stereocenters. The quantitative estimate of drug-likeness (QED) is 0.747. The largest absolute Gasteiger partial charge is 0.481 e. The van der Waals surface area contributed by atoms with Gasteiger partial charge in [0.05, 0.1) is 6.42 Å². The van der Waals surface area contributed by atoms with Crippen molar-refractivity contribution in [2.75, 3.05) is 7.05 Å². The number of hydrogen-bond acceptors (Lipinski definition) is 3. The first-order chi connectivity index (χ1) is 7.91. The first-order valence-corrected chi connectivity index (χ1v) is 5.70. The molecule has 0 bridgehead atoms. The number of nitrogens with one attached hydrogen (secondary N) is 1. The second kappa shape index (κ2) is 5.65. The van der Waals surface area contributed by atoms with Gasteiger partial charge in [-0.2, -0.15) is 0 Å². The van der Waals surface area contributed by atoms with Crippen LogP contribution < -0.4 is 5.32 Å². The van der Waals surface area contributed by atoms with Gasteiger partial charge in [0.15, 0.2) is 0 Å². The van der Waals surface area contributed by atoms with Gasteiger partial charge in [0.2, 0.25) is 5.91 Å². The number of rotatable bonds is 5. The summed E-state index contributed by atoms with van der Waals surface area (Å²) in [6.07, 6.45) is 1.80. The van der Waals surface area contributed by atoms with Crippen LogP contribution in [0.3, 0.4) is 0 Å². The molecule has 0 radical (unpaired) electrons. The summed E-state index contributed by atoms with van der Waals surface area (Å²) in [7, 11) is 1.64. The van der Waals surface area contributed by atoms with Gasteiger partial charge in [-0.15, -0.1) is 0 Å².